The zero-order chi connectivity index (χ0) is 24.7. The van der Waals surface area contributed by atoms with Crippen LogP contribution in [0.4, 0.5) is 10.1 Å². The lowest BCUT2D eigenvalue weighted by Crippen LogP contribution is -2.52. The number of Topliss-reactive ketones (excluding diaryl/α,β-unsaturated/α-hetero) is 1. The molecule has 0 bridgehead atoms. The van der Waals surface area contributed by atoms with Gasteiger partial charge in [0.15, 0.2) is 23.6 Å². The number of benzene rings is 2. The number of nitrogens with zero attached hydrogens (tertiary/aromatic N) is 3. The van der Waals surface area contributed by atoms with Crippen molar-refractivity contribution in [2.24, 2.45) is 5.92 Å². The number of fused-ring (bicyclic) bond motifs is 1. The Labute approximate surface area is 207 Å². The number of anilines is 1. The highest BCUT2D eigenvalue weighted by Crippen LogP contribution is 2.39. The van der Waals surface area contributed by atoms with E-state index in [0.717, 1.165) is 45.3 Å². The Bertz CT molecular complexity index is 1280. The SMILES string of the molecule is CN1CCN(C(C=O)Nc2c(C(=O)C3CC3)cnc3ccc(-c4cc(F)c(O)c(Cl)c4)cc23)CC1. The molecule has 1 saturated heterocycles. The summed E-state index contributed by atoms with van der Waals surface area (Å²) in [5.74, 6) is -1.44. The average Bonchev–Trinajstić information content (AvgIpc) is 3.71. The number of aromatic hydroxyl groups is 1. The molecule has 5 rings (SSSR count). The van der Waals surface area contributed by atoms with Gasteiger partial charge in [0.2, 0.25) is 0 Å². The van der Waals surface area contributed by atoms with Gasteiger partial charge in [0.1, 0.15) is 6.17 Å². The van der Waals surface area contributed by atoms with Crippen LogP contribution >= 0.6 is 11.6 Å². The van der Waals surface area contributed by atoms with Gasteiger partial charge >= 0.3 is 0 Å². The second-order valence-electron chi connectivity index (χ2n) is 9.27. The van der Waals surface area contributed by atoms with Crippen LogP contribution in [0.3, 0.4) is 0 Å². The number of ketones is 1. The summed E-state index contributed by atoms with van der Waals surface area (Å²) in [6.45, 7) is 3.12. The van der Waals surface area contributed by atoms with Gasteiger partial charge in [0.25, 0.3) is 0 Å². The summed E-state index contributed by atoms with van der Waals surface area (Å²) in [6, 6.07) is 8.06. The molecular formula is C26H26ClFN4O3. The molecule has 2 fully saturated rings. The molecule has 1 aliphatic carbocycles. The summed E-state index contributed by atoms with van der Waals surface area (Å²) >= 11 is 6.00. The van der Waals surface area contributed by atoms with E-state index < -0.39 is 17.7 Å². The van der Waals surface area contributed by atoms with Crippen LogP contribution in [0.5, 0.6) is 5.75 Å². The monoisotopic (exact) mass is 496 g/mol. The third kappa shape index (κ3) is 4.74. The number of phenols is 1. The highest BCUT2D eigenvalue weighted by atomic mass is 35.5. The second-order valence-corrected chi connectivity index (χ2v) is 9.68. The van der Waals surface area contributed by atoms with Gasteiger partial charge in [-0.25, -0.2) is 4.39 Å². The number of carbonyl (C=O) groups excluding carboxylic acids is 2. The third-order valence-corrected chi connectivity index (χ3v) is 7.07. The maximum atomic E-state index is 14.2. The number of hydrogen-bond donors (Lipinski definition) is 2. The Balaban J connectivity index is 1.61. The van der Waals surface area contributed by atoms with Crippen molar-refractivity contribution in [3.05, 3.63) is 52.9 Å². The van der Waals surface area contributed by atoms with Crippen molar-refractivity contribution in [3.63, 3.8) is 0 Å². The van der Waals surface area contributed by atoms with E-state index in [1.54, 1.807) is 18.3 Å². The predicted molar refractivity (Wildman–Crippen MR) is 133 cm³/mol. The van der Waals surface area contributed by atoms with Crippen LogP contribution in [-0.2, 0) is 4.79 Å². The van der Waals surface area contributed by atoms with Gasteiger partial charge in [-0.3, -0.25) is 19.5 Å². The maximum Gasteiger partial charge on any atom is 0.170 e. The number of nitrogens with one attached hydrogen (secondary N) is 1. The minimum absolute atomic E-state index is 0.00838. The summed E-state index contributed by atoms with van der Waals surface area (Å²) in [6.07, 6.45) is 3.52. The number of rotatable bonds is 7. The van der Waals surface area contributed by atoms with Crippen molar-refractivity contribution < 1.29 is 19.1 Å². The highest BCUT2D eigenvalue weighted by molar-refractivity contribution is 6.32. The molecule has 35 heavy (non-hydrogen) atoms. The van der Waals surface area contributed by atoms with E-state index in [9.17, 15) is 19.1 Å². The second kappa shape index (κ2) is 9.53. The fourth-order valence-corrected chi connectivity index (χ4v) is 4.68. The van der Waals surface area contributed by atoms with Crippen LogP contribution in [0.25, 0.3) is 22.0 Å². The van der Waals surface area contributed by atoms with Crippen molar-refractivity contribution in [1.82, 2.24) is 14.8 Å². The zero-order valence-corrected chi connectivity index (χ0v) is 20.1. The number of phenolic OH excluding ortho intramolecular Hbond substituents is 1. The standard InChI is InChI=1S/C26H26ClFN4O3/c1-31-6-8-32(9-7-31)23(14-33)30-24-18-10-16(17-11-20(27)26(35)21(28)12-17)4-5-22(18)29-13-19(24)25(34)15-2-3-15/h4-5,10-15,23,35H,2-3,6-9H2,1H3,(H,29,30). The number of pyridine rings is 1. The quantitative estimate of drug-likeness (QED) is 0.375. The molecule has 2 aromatic carbocycles. The van der Waals surface area contributed by atoms with E-state index in [2.05, 4.69) is 20.1 Å². The van der Waals surface area contributed by atoms with Gasteiger partial charge in [0, 0.05) is 43.7 Å². The molecule has 7 nitrogen and oxygen atoms in total. The number of carbonyl (C=O) groups is 2. The fourth-order valence-electron chi connectivity index (χ4n) is 4.47. The third-order valence-electron chi connectivity index (χ3n) is 6.78. The normalized spacial score (nSPS) is 17.9. The average molecular weight is 497 g/mol. The van der Waals surface area contributed by atoms with Crippen molar-refractivity contribution in [2.45, 2.75) is 19.0 Å². The lowest BCUT2D eigenvalue weighted by Gasteiger charge is -2.36. The fraction of sp³-hybridized carbons (Fsp3) is 0.346. The molecule has 2 heterocycles. The summed E-state index contributed by atoms with van der Waals surface area (Å²) in [5, 5.41) is 13.6. The molecule has 2 aliphatic rings. The van der Waals surface area contributed by atoms with Gasteiger partial charge < -0.3 is 15.3 Å². The summed E-state index contributed by atoms with van der Waals surface area (Å²) in [7, 11) is 2.05. The van der Waals surface area contributed by atoms with Gasteiger partial charge in [0.05, 0.1) is 21.8 Å². The molecule has 1 saturated carbocycles. The van der Waals surface area contributed by atoms with E-state index in [-0.39, 0.29) is 16.7 Å². The molecule has 2 N–H and O–H groups in total. The Morgan fingerprint density at radius 1 is 1.20 bits per heavy atom. The van der Waals surface area contributed by atoms with Crippen LogP contribution < -0.4 is 5.32 Å². The zero-order valence-electron chi connectivity index (χ0n) is 19.3. The molecule has 9 heteroatoms. The smallest absolute Gasteiger partial charge is 0.170 e. The molecule has 1 atom stereocenters. The maximum absolute atomic E-state index is 14.2. The van der Waals surface area contributed by atoms with E-state index in [1.165, 1.54) is 12.1 Å². The van der Waals surface area contributed by atoms with Crippen molar-refractivity contribution in [1.29, 1.82) is 0 Å². The minimum atomic E-state index is -0.821. The number of aldehydes is 1. The van der Waals surface area contributed by atoms with Crippen LogP contribution in [0.1, 0.15) is 23.2 Å². The molecule has 0 amide bonds. The van der Waals surface area contributed by atoms with E-state index in [0.29, 0.717) is 33.3 Å². The first kappa shape index (κ1) is 23.7. The number of halogens is 2. The summed E-state index contributed by atoms with van der Waals surface area (Å²) in [5.41, 5.74) is 2.75. The first-order chi connectivity index (χ1) is 16.9. The Kier molecular flexibility index (Phi) is 6.44. The highest BCUT2D eigenvalue weighted by Gasteiger charge is 2.33. The molecule has 1 unspecified atom stereocenters. The number of likely N-dealkylation sites (N-methyl/N-ethyl adjacent to an activating group) is 1. The number of piperazine rings is 1. The lowest BCUT2D eigenvalue weighted by atomic mass is 9.98. The van der Waals surface area contributed by atoms with Crippen molar-refractivity contribution in [2.75, 3.05) is 38.5 Å². The van der Waals surface area contributed by atoms with Crippen molar-refractivity contribution >= 4 is 40.3 Å². The van der Waals surface area contributed by atoms with Gasteiger partial charge in [-0.15, -0.1) is 0 Å². The summed E-state index contributed by atoms with van der Waals surface area (Å²) in [4.78, 5) is 34.1. The molecular weight excluding hydrogens is 471 g/mol. The Morgan fingerprint density at radius 2 is 1.94 bits per heavy atom. The molecule has 0 radical (unpaired) electrons. The Hall–Kier alpha value is -3.07. The van der Waals surface area contributed by atoms with Crippen molar-refractivity contribution in [3.8, 4) is 16.9 Å². The van der Waals surface area contributed by atoms with E-state index in [4.69, 9.17) is 11.6 Å². The van der Waals surface area contributed by atoms with Crippen LogP contribution in [0.2, 0.25) is 5.02 Å². The topological polar surface area (TPSA) is 85.8 Å². The molecule has 3 aromatic rings. The molecule has 1 aliphatic heterocycles. The Morgan fingerprint density at radius 3 is 2.60 bits per heavy atom. The van der Waals surface area contributed by atoms with Crippen LogP contribution in [-0.4, -0.2) is 71.4 Å². The molecule has 182 valence electrons. The predicted octanol–water partition coefficient (Wildman–Crippen LogP) is 4.18. The van der Waals surface area contributed by atoms with Crippen LogP contribution in [0, 0.1) is 11.7 Å². The number of aromatic nitrogens is 1. The minimum Gasteiger partial charge on any atom is -0.504 e. The first-order valence-electron chi connectivity index (χ1n) is 11.7. The van der Waals surface area contributed by atoms with Gasteiger partial charge in [-0.05, 0) is 55.3 Å². The first-order valence-corrected chi connectivity index (χ1v) is 12.0. The van der Waals surface area contributed by atoms with Crippen LogP contribution in [0.15, 0.2) is 36.5 Å². The van der Waals surface area contributed by atoms with Gasteiger partial charge in [-0.1, -0.05) is 17.7 Å². The van der Waals surface area contributed by atoms with E-state index in [1.807, 2.05) is 13.1 Å². The largest absolute Gasteiger partial charge is 0.504 e. The summed E-state index contributed by atoms with van der Waals surface area (Å²) < 4.78 is 14.2. The number of hydrogen-bond acceptors (Lipinski definition) is 7. The molecule has 1 aromatic heterocycles. The van der Waals surface area contributed by atoms with Gasteiger partial charge in [-0.2, -0.15) is 0 Å². The molecule has 0 spiro atoms. The van der Waals surface area contributed by atoms with E-state index >= 15 is 0 Å². The lowest BCUT2D eigenvalue weighted by molar-refractivity contribution is -0.112.